The van der Waals surface area contributed by atoms with E-state index in [2.05, 4.69) is 17.4 Å². The second-order valence-electron chi connectivity index (χ2n) is 4.80. The average Bonchev–Trinajstić information content (AvgIpc) is 2.35. The van der Waals surface area contributed by atoms with Gasteiger partial charge in [-0.3, -0.25) is 0 Å². The summed E-state index contributed by atoms with van der Waals surface area (Å²) in [5.74, 6) is 1.68. The van der Waals surface area contributed by atoms with Crippen LogP contribution in [0.5, 0.6) is 5.75 Å². The third-order valence-corrected chi connectivity index (χ3v) is 3.95. The van der Waals surface area contributed by atoms with Gasteiger partial charge in [0.25, 0.3) is 0 Å². The van der Waals surface area contributed by atoms with Crippen molar-refractivity contribution in [3.63, 3.8) is 0 Å². The minimum atomic E-state index is 0.778. The molecule has 1 aliphatic rings. The molecule has 3 heteroatoms. The highest BCUT2D eigenvalue weighted by molar-refractivity contribution is 6.31. The Morgan fingerprint density at radius 2 is 2.06 bits per heavy atom. The summed E-state index contributed by atoms with van der Waals surface area (Å²) in [6.45, 7) is 4.28. The predicted molar refractivity (Wildman–Crippen MR) is 72.0 cm³/mol. The summed E-state index contributed by atoms with van der Waals surface area (Å²) < 4.78 is 5.36. The number of hydrogen-bond donors (Lipinski definition) is 1. The Hall–Kier alpha value is -0.730. The van der Waals surface area contributed by atoms with Crippen LogP contribution < -0.4 is 10.1 Å². The fourth-order valence-corrected chi connectivity index (χ4v) is 2.69. The third kappa shape index (κ3) is 3.14. The summed E-state index contributed by atoms with van der Waals surface area (Å²) in [5, 5.41) is 4.21. The van der Waals surface area contributed by atoms with Gasteiger partial charge in [0.15, 0.2) is 0 Å². The molecule has 0 amide bonds. The van der Waals surface area contributed by atoms with Crippen LogP contribution in [0.15, 0.2) is 12.1 Å². The van der Waals surface area contributed by atoms with Gasteiger partial charge in [0.1, 0.15) is 5.75 Å². The van der Waals surface area contributed by atoms with Gasteiger partial charge in [0.2, 0.25) is 0 Å². The fraction of sp³-hybridized carbons (Fsp3) is 0.571. The molecule has 1 aromatic carbocycles. The molecule has 0 bridgehead atoms. The van der Waals surface area contributed by atoms with E-state index >= 15 is 0 Å². The summed E-state index contributed by atoms with van der Waals surface area (Å²) >= 11 is 6.22. The van der Waals surface area contributed by atoms with Crippen LogP contribution >= 0.6 is 11.6 Å². The predicted octanol–water partition coefficient (Wildman–Crippen LogP) is 3.20. The van der Waals surface area contributed by atoms with E-state index in [1.165, 1.54) is 18.4 Å². The fourth-order valence-electron chi connectivity index (χ4n) is 2.46. The summed E-state index contributed by atoms with van der Waals surface area (Å²) in [7, 11) is 1.70. The monoisotopic (exact) mass is 253 g/mol. The van der Waals surface area contributed by atoms with E-state index in [9.17, 15) is 0 Å². The molecule has 1 N–H and O–H groups in total. The zero-order valence-electron chi connectivity index (χ0n) is 10.6. The SMILES string of the molecule is COc1cc(CC2CCNCC2)cc(Cl)c1C. The Labute approximate surface area is 108 Å². The molecule has 1 fully saturated rings. The van der Waals surface area contributed by atoms with Crippen molar-refractivity contribution in [3.8, 4) is 5.75 Å². The summed E-state index contributed by atoms with van der Waals surface area (Å²) in [6, 6.07) is 4.21. The molecular formula is C14H20ClNO. The van der Waals surface area contributed by atoms with Crippen LogP contribution in [0.1, 0.15) is 24.0 Å². The molecular weight excluding hydrogens is 234 g/mol. The molecule has 0 unspecified atom stereocenters. The Kier molecular flexibility index (Phi) is 4.30. The molecule has 0 saturated carbocycles. The molecule has 94 valence electrons. The lowest BCUT2D eigenvalue weighted by Crippen LogP contribution is -2.28. The molecule has 17 heavy (non-hydrogen) atoms. The average molecular weight is 254 g/mol. The van der Waals surface area contributed by atoms with E-state index in [1.807, 2.05) is 6.92 Å². The van der Waals surface area contributed by atoms with Crippen LogP contribution in [-0.2, 0) is 6.42 Å². The lowest BCUT2D eigenvalue weighted by molar-refractivity contribution is 0.371. The van der Waals surface area contributed by atoms with Crippen molar-refractivity contribution in [1.29, 1.82) is 0 Å². The van der Waals surface area contributed by atoms with Crippen LogP contribution in [0.2, 0.25) is 5.02 Å². The maximum absolute atomic E-state index is 6.22. The number of halogens is 1. The number of ether oxygens (including phenoxy) is 1. The second kappa shape index (κ2) is 5.74. The van der Waals surface area contributed by atoms with Crippen LogP contribution in [0.3, 0.4) is 0 Å². The van der Waals surface area contributed by atoms with E-state index in [0.717, 1.165) is 41.8 Å². The zero-order valence-corrected chi connectivity index (χ0v) is 11.3. The van der Waals surface area contributed by atoms with Crippen molar-refractivity contribution < 1.29 is 4.74 Å². The molecule has 2 rings (SSSR count). The Morgan fingerprint density at radius 1 is 1.35 bits per heavy atom. The van der Waals surface area contributed by atoms with E-state index in [1.54, 1.807) is 7.11 Å². The molecule has 1 aliphatic heterocycles. The van der Waals surface area contributed by atoms with Crippen molar-refractivity contribution in [2.24, 2.45) is 5.92 Å². The number of rotatable bonds is 3. The smallest absolute Gasteiger partial charge is 0.123 e. The van der Waals surface area contributed by atoms with Gasteiger partial charge in [-0.25, -0.2) is 0 Å². The highest BCUT2D eigenvalue weighted by Crippen LogP contribution is 2.29. The zero-order chi connectivity index (χ0) is 12.3. The quantitative estimate of drug-likeness (QED) is 0.893. The lowest BCUT2D eigenvalue weighted by atomic mass is 9.90. The third-order valence-electron chi connectivity index (χ3n) is 3.56. The molecule has 0 aliphatic carbocycles. The summed E-state index contributed by atoms with van der Waals surface area (Å²) in [5.41, 5.74) is 2.33. The number of nitrogens with one attached hydrogen (secondary N) is 1. The first kappa shape index (κ1) is 12.7. The van der Waals surface area contributed by atoms with Crippen molar-refractivity contribution in [1.82, 2.24) is 5.32 Å². The van der Waals surface area contributed by atoms with Gasteiger partial charge in [-0.1, -0.05) is 11.6 Å². The first-order chi connectivity index (χ1) is 8.20. The molecule has 1 saturated heterocycles. The minimum Gasteiger partial charge on any atom is -0.496 e. The second-order valence-corrected chi connectivity index (χ2v) is 5.21. The molecule has 0 radical (unpaired) electrons. The topological polar surface area (TPSA) is 21.3 Å². The van der Waals surface area contributed by atoms with Crippen LogP contribution in [0.25, 0.3) is 0 Å². The number of benzene rings is 1. The van der Waals surface area contributed by atoms with Crippen molar-refractivity contribution >= 4 is 11.6 Å². The van der Waals surface area contributed by atoms with Crippen molar-refractivity contribution in [2.75, 3.05) is 20.2 Å². The summed E-state index contributed by atoms with van der Waals surface area (Å²) in [6.07, 6.45) is 3.62. The lowest BCUT2D eigenvalue weighted by Gasteiger charge is -2.23. The normalized spacial score (nSPS) is 17.1. The largest absolute Gasteiger partial charge is 0.496 e. The summed E-state index contributed by atoms with van der Waals surface area (Å²) in [4.78, 5) is 0. The van der Waals surface area contributed by atoms with Crippen molar-refractivity contribution in [3.05, 3.63) is 28.3 Å². The van der Waals surface area contributed by atoms with E-state index < -0.39 is 0 Å². The highest BCUT2D eigenvalue weighted by atomic mass is 35.5. The molecule has 0 spiro atoms. The Morgan fingerprint density at radius 3 is 2.71 bits per heavy atom. The van der Waals surface area contributed by atoms with Crippen molar-refractivity contribution in [2.45, 2.75) is 26.2 Å². The molecule has 1 aromatic rings. The van der Waals surface area contributed by atoms with Crippen LogP contribution in [0, 0.1) is 12.8 Å². The van der Waals surface area contributed by atoms with Gasteiger partial charge >= 0.3 is 0 Å². The van der Waals surface area contributed by atoms with Gasteiger partial charge in [-0.15, -0.1) is 0 Å². The minimum absolute atomic E-state index is 0.778. The molecule has 1 heterocycles. The van der Waals surface area contributed by atoms with Gasteiger partial charge in [0, 0.05) is 10.6 Å². The maximum atomic E-state index is 6.22. The van der Waals surface area contributed by atoms with E-state index in [0.29, 0.717) is 0 Å². The standard InChI is InChI=1S/C14H20ClNO/c1-10-13(15)8-12(9-14(10)17-2)7-11-3-5-16-6-4-11/h8-9,11,16H,3-7H2,1-2H3. The number of hydrogen-bond acceptors (Lipinski definition) is 2. The first-order valence-corrected chi connectivity index (χ1v) is 6.62. The van der Waals surface area contributed by atoms with Gasteiger partial charge in [-0.2, -0.15) is 0 Å². The maximum Gasteiger partial charge on any atom is 0.123 e. The van der Waals surface area contributed by atoms with Gasteiger partial charge in [0.05, 0.1) is 7.11 Å². The van der Waals surface area contributed by atoms with E-state index in [4.69, 9.17) is 16.3 Å². The van der Waals surface area contributed by atoms with Crippen LogP contribution in [-0.4, -0.2) is 20.2 Å². The Bertz CT molecular complexity index is 386. The van der Waals surface area contributed by atoms with Crippen LogP contribution in [0.4, 0.5) is 0 Å². The molecule has 2 nitrogen and oxygen atoms in total. The van der Waals surface area contributed by atoms with E-state index in [-0.39, 0.29) is 0 Å². The van der Waals surface area contributed by atoms with Gasteiger partial charge in [-0.05, 0) is 62.9 Å². The molecule has 0 atom stereocenters. The number of piperidine rings is 1. The Balaban J connectivity index is 2.12. The number of methoxy groups -OCH3 is 1. The molecule has 0 aromatic heterocycles. The van der Waals surface area contributed by atoms with Gasteiger partial charge < -0.3 is 10.1 Å². The first-order valence-electron chi connectivity index (χ1n) is 6.24. The highest BCUT2D eigenvalue weighted by Gasteiger charge is 2.15.